The molecule has 0 aliphatic carbocycles. The third-order valence-corrected chi connectivity index (χ3v) is 3.60. The van der Waals surface area contributed by atoms with Gasteiger partial charge in [0.15, 0.2) is 0 Å². The lowest BCUT2D eigenvalue weighted by Crippen LogP contribution is -2.60. The summed E-state index contributed by atoms with van der Waals surface area (Å²) >= 11 is 0. The zero-order valence-electron chi connectivity index (χ0n) is 12.0. The Hall–Kier alpha value is -1.70. The number of rotatable bonds is 5. The van der Waals surface area contributed by atoms with Crippen LogP contribution in [0.2, 0.25) is 0 Å². The largest absolute Gasteiger partial charge is 0.462 e. The molecule has 0 saturated carbocycles. The molecule has 6 nitrogen and oxygen atoms in total. The van der Waals surface area contributed by atoms with Crippen molar-refractivity contribution >= 4 is 12.2 Å². The average molecular weight is 308 g/mol. The minimum absolute atomic E-state index is 0.393. The van der Waals surface area contributed by atoms with E-state index in [9.17, 15) is 15.3 Å². The number of benzene rings is 1. The molecule has 5 unspecified atom stereocenters. The Labute approximate surface area is 128 Å². The van der Waals surface area contributed by atoms with Gasteiger partial charge in [-0.05, 0) is 23.3 Å². The highest BCUT2D eigenvalue weighted by molar-refractivity contribution is 5.65. The second kappa shape index (κ2) is 7.04. The van der Waals surface area contributed by atoms with Crippen molar-refractivity contribution in [1.29, 1.82) is 0 Å². The molecule has 1 aromatic carbocycles. The van der Waals surface area contributed by atoms with Crippen LogP contribution >= 0.6 is 0 Å². The Morgan fingerprint density at radius 2 is 1.73 bits per heavy atom. The fourth-order valence-electron chi connectivity index (χ4n) is 2.29. The molecule has 2 rings (SSSR count). The molecule has 0 radical (unpaired) electrons. The normalized spacial score (nSPS) is 31.5. The van der Waals surface area contributed by atoms with E-state index in [2.05, 4.69) is 13.2 Å². The van der Waals surface area contributed by atoms with Crippen molar-refractivity contribution in [2.45, 2.75) is 30.7 Å². The molecule has 120 valence electrons. The summed E-state index contributed by atoms with van der Waals surface area (Å²) in [7, 11) is 0. The Balaban J connectivity index is 2.18. The van der Waals surface area contributed by atoms with Crippen LogP contribution in [-0.2, 0) is 4.74 Å². The van der Waals surface area contributed by atoms with E-state index in [0.29, 0.717) is 5.75 Å². The monoisotopic (exact) mass is 308 g/mol. The van der Waals surface area contributed by atoms with Crippen molar-refractivity contribution in [3.05, 3.63) is 42.5 Å². The summed E-state index contributed by atoms with van der Waals surface area (Å²) < 4.78 is 10.8. The minimum Gasteiger partial charge on any atom is -0.462 e. The molecule has 4 N–H and O–H groups in total. The lowest BCUT2D eigenvalue weighted by atomic mass is 9.99. The van der Waals surface area contributed by atoms with Gasteiger partial charge >= 0.3 is 0 Å². The van der Waals surface area contributed by atoms with Crippen LogP contribution in [0.3, 0.4) is 0 Å². The summed E-state index contributed by atoms with van der Waals surface area (Å²) in [6.07, 6.45) is -3.22. The standard InChI is InChI=1S/C16H20O6/c1-3-9-5-6-11(7-10(9)4-2)21-16-15(20)14(19)13(18)12(8-17)22-16/h3-7,12-20H,1-2,8H2. The van der Waals surface area contributed by atoms with Crippen molar-refractivity contribution in [2.24, 2.45) is 0 Å². The number of aliphatic hydroxyl groups is 4. The molecule has 1 aliphatic rings. The maximum atomic E-state index is 9.93. The SMILES string of the molecule is C=Cc1ccc(OC2OC(CO)C(O)C(O)C2O)cc1C=C. The van der Waals surface area contributed by atoms with E-state index >= 15 is 0 Å². The topological polar surface area (TPSA) is 99.4 Å². The van der Waals surface area contributed by atoms with E-state index in [-0.39, 0.29) is 0 Å². The highest BCUT2D eigenvalue weighted by atomic mass is 16.7. The van der Waals surface area contributed by atoms with Gasteiger partial charge in [-0.3, -0.25) is 0 Å². The molecule has 22 heavy (non-hydrogen) atoms. The van der Waals surface area contributed by atoms with Gasteiger partial charge in [-0.2, -0.15) is 0 Å². The quantitative estimate of drug-likeness (QED) is 0.618. The molecular formula is C16H20O6. The summed E-state index contributed by atoms with van der Waals surface area (Å²) in [5.74, 6) is 0.393. The summed E-state index contributed by atoms with van der Waals surface area (Å²) in [5, 5.41) is 38.5. The van der Waals surface area contributed by atoms with Gasteiger partial charge in [-0.1, -0.05) is 31.4 Å². The second-order valence-electron chi connectivity index (χ2n) is 5.01. The van der Waals surface area contributed by atoms with Crippen molar-refractivity contribution in [1.82, 2.24) is 0 Å². The fourth-order valence-corrected chi connectivity index (χ4v) is 2.29. The van der Waals surface area contributed by atoms with Crippen LogP contribution in [0.4, 0.5) is 0 Å². The summed E-state index contributed by atoms with van der Waals surface area (Å²) in [6.45, 7) is 6.89. The van der Waals surface area contributed by atoms with Crippen molar-refractivity contribution < 1.29 is 29.9 Å². The van der Waals surface area contributed by atoms with E-state index in [1.807, 2.05) is 0 Å². The summed E-state index contributed by atoms with van der Waals surface area (Å²) in [6, 6.07) is 5.11. The average Bonchev–Trinajstić information content (AvgIpc) is 2.55. The molecular weight excluding hydrogens is 288 g/mol. The Kier molecular flexibility index (Phi) is 5.33. The lowest BCUT2D eigenvalue weighted by molar-refractivity contribution is -0.277. The van der Waals surface area contributed by atoms with Crippen molar-refractivity contribution in [2.75, 3.05) is 6.61 Å². The van der Waals surface area contributed by atoms with Crippen LogP contribution < -0.4 is 4.74 Å². The van der Waals surface area contributed by atoms with Gasteiger partial charge in [0.2, 0.25) is 6.29 Å². The number of hydrogen-bond donors (Lipinski definition) is 4. The highest BCUT2D eigenvalue weighted by Gasteiger charge is 2.44. The van der Waals surface area contributed by atoms with Crippen LogP contribution in [0, 0.1) is 0 Å². The first kappa shape index (κ1) is 16.7. The molecule has 1 aliphatic heterocycles. The molecule has 1 heterocycles. The highest BCUT2D eigenvalue weighted by Crippen LogP contribution is 2.26. The number of ether oxygens (including phenoxy) is 2. The van der Waals surface area contributed by atoms with E-state index in [1.165, 1.54) is 0 Å². The molecule has 5 atom stereocenters. The maximum Gasteiger partial charge on any atom is 0.229 e. The van der Waals surface area contributed by atoms with Crippen LogP contribution in [0.1, 0.15) is 11.1 Å². The molecule has 1 fully saturated rings. The summed E-state index contributed by atoms with van der Waals surface area (Å²) in [5.41, 5.74) is 1.66. The fraction of sp³-hybridized carbons (Fsp3) is 0.375. The van der Waals surface area contributed by atoms with Gasteiger partial charge in [0.25, 0.3) is 0 Å². The van der Waals surface area contributed by atoms with Crippen molar-refractivity contribution in [3.8, 4) is 5.75 Å². The smallest absolute Gasteiger partial charge is 0.229 e. The van der Waals surface area contributed by atoms with Crippen LogP contribution in [0.5, 0.6) is 5.75 Å². The first-order valence-electron chi connectivity index (χ1n) is 6.88. The van der Waals surface area contributed by atoms with E-state index in [1.54, 1.807) is 30.4 Å². The van der Waals surface area contributed by atoms with E-state index in [0.717, 1.165) is 11.1 Å². The Morgan fingerprint density at radius 3 is 2.32 bits per heavy atom. The van der Waals surface area contributed by atoms with Gasteiger partial charge < -0.3 is 29.9 Å². The third-order valence-electron chi connectivity index (χ3n) is 3.60. The molecule has 6 heteroatoms. The third kappa shape index (κ3) is 3.21. The van der Waals surface area contributed by atoms with Crippen LogP contribution in [0.15, 0.2) is 31.4 Å². The first-order chi connectivity index (χ1) is 10.5. The van der Waals surface area contributed by atoms with Gasteiger partial charge in [0, 0.05) is 0 Å². The van der Waals surface area contributed by atoms with Gasteiger partial charge in [-0.25, -0.2) is 0 Å². The zero-order valence-corrected chi connectivity index (χ0v) is 12.0. The van der Waals surface area contributed by atoms with Gasteiger partial charge in [-0.15, -0.1) is 0 Å². The first-order valence-corrected chi connectivity index (χ1v) is 6.88. The molecule has 0 bridgehead atoms. The van der Waals surface area contributed by atoms with Gasteiger partial charge in [0.1, 0.15) is 30.2 Å². The van der Waals surface area contributed by atoms with E-state index in [4.69, 9.17) is 14.6 Å². The second-order valence-corrected chi connectivity index (χ2v) is 5.01. The minimum atomic E-state index is -1.47. The predicted octanol–water partition coefficient (Wildman–Crippen LogP) is 0.151. The maximum absolute atomic E-state index is 9.93. The zero-order chi connectivity index (χ0) is 16.3. The predicted molar refractivity (Wildman–Crippen MR) is 81.0 cm³/mol. The van der Waals surface area contributed by atoms with Crippen LogP contribution in [0.25, 0.3) is 12.2 Å². The molecule has 0 aromatic heterocycles. The number of aliphatic hydroxyl groups excluding tert-OH is 4. The van der Waals surface area contributed by atoms with Crippen LogP contribution in [-0.4, -0.2) is 57.7 Å². The molecule has 1 saturated heterocycles. The van der Waals surface area contributed by atoms with Gasteiger partial charge in [0.05, 0.1) is 6.61 Å². The number of hydrogen-bond acceptors (Lipinski definition) is 6. The molecule has 0 amide bonds. The summed E-state index contributed by atoms with van der Waals surface area (Å²) in [4.78, 5) is 0. The molecule has 1 aromatic rings. The lowest BCUT2D eigenvalue weighted by Gasteiger charge is -2.39. The molecule has 0 spiro atoms. The Morgan fingerprint density at radius 1 is 1.05 bits per heavy atom. The Bertz CT molecular complexity index is 541. The van der Waals surface area contributed by atoms with E-state index < -0.39 is 37.3 Å². The van der Waals surface area contributed by atoms with Crippen molar-refractivity contribution in [3.63, 3.8) is 0 Å².